The molecule has 0 spiro atoms. The molecular formula is C23H23O2SY-. The molecule has 0 fully saturated rings. The molecule has 137 valence electrons. The first-order valence-electron chi connectivity index (χ1n) is 8.84. The van der Waals surface area contributed by atoms with Crippen molar-refractivity contribution in [2.45, 2.75) is 45.4 Å². The fourth-order valence-electron chi connectivity index (χ4n) is 3.22. The van der Waals surface area contributed by atoms with Gasteiger partial charge in [0.15, 0.2) is 11.6 Å². The van der Waals surface area contributed by atoms with E-state index in [1.54, 1.807) is 23.9 Å². The first-order valence-corrected chi connectivity index (χ1v) is 9.66. The summed E-state index contributed by atoms with van der Waals surface area (Å²) >= 11 is 1.55. The van der Waals surface area contributed by atoms with Gasteiger partial charge in [-0.2, -0.15) is 23.8 Å². The zero-order valence-electron chi connectivity index (χ0n) is 16.3. The number of benzene rings is 2. The maximum absolute atomic E-state index is 13.4. The Bertz CT molecular complexity index is 898. The molecule has 0 saturated carbocycles. The minimum absolute atomic E-state index is 0. The van der Waals surface area contributed by atoms with Gasteiger partial charge in [0.25, 0.3) is 0 Å². The van der Waals surface area contributed by atoms with E-state index in [1.165, 1.54) is 0 Å². The maximum atomic E-state index is 13.4. The molecule has 0 bridgehead atoms. The summed E-state index contributed by atoms with van der Waals surface area (Å²) in [4.78, 5) is 28.1. The van der Waals surface area contributed by atoms with E-state index in [1.807, 2.05) is 44.2 Å². The molecule has 27 heavy (non-hydrogen) atoms. The van der Waals surface area contributed by atoms with Gasteiger partial charge in [-0.1, -0.05) is 63.2 Å². The molecule has 0 unspecified atom stereocenters. The Balaban J connectivity index is 0.00000261. The van der Waals surface area contributed by atoms with E-state index >= 15 is 0 Å². The average molecular weight is 452 g/mol. The zero-order valence-corrected chi connectivity index (χ0v) is 19.9. The van der Waals surface area contributed by atoms with Gasteiger partial charge in [0.2, 0.25) is 0 Å². The van der Waals surface area contributed by atoms with E-state index in [-0.39, 0.29) is 49.7 Å². The van der Waals surface area contributed by atoms with Gasteiger partial charge in [-0.25, -0.2) is 0 Å². The van der Waals surface area contributed by atoms with E-state index in [2.05, 4.69) is 19.9 Å². The summed E-state index contributed by atoms with van der Waals surface area (Å²) in [6.45, 7) is 8.10. The summed E-state index contributed by atoms with van der Waals surface area (Å²) in [5, 5.41) is 0. The minimum atomic E-state index is -0.205. The van der Waals surface area contributed by atoms with Gasteiger partial charge in [0, 0.05) is 48.9 Å². The Hall–Kier alpha value is -1.03. The molecule has 3 rings (SSSR count). The third kappa shape index (κ3) is 4.70. The van der Waals surface area contributed by atoms with Crippen LogP contribution in [0.2, 0.25) is 0 Å². The van der Waals surface area contributed by atoms with Crippen molar-refractivity contribution in [2.75, 3.05) is 0 Å². The van der Waals surface area contributed by atoms with Crippen molar-refractivity contribution < 1.29 is 42.3 Å². The molecule has 2 aromatic rings. The van der Waals surface area contributed by atoms with Crippen LogP contribution in [0.15, 0.2) is 57.8 Å². The molecule has 2 aromatic carbocycles. The van der Waals surface area contributed by atoms with Crippen LogP contribution in [0.3, 0.4) is 0 Å². The maximum Gasteiger partial charge on any atom is 0.173 e. The second-order valence-corrected chi connectivity index (χ2v) is 8.48. The van der Waals surface area contributed by atoms with Crippen molar-refractivity contribution in [1.29, 1.82) is 0 Å². The summed E-state index contributed by atoms with van der Waals surface area (Å²) in [5.74, 6) is -0.201. The van der Waals surface area contributed by atoms with Gasteiger partial charge in [0.05, 0.1) is 5.57 Å². The molecule has 0 N–H and O–H groups in total. The van der Waals surface area contributed by atoms with Gasteiger partial charge in [0.1, 0.15) is 0 Å². The van der Waals surface area contributed by atoms with Crippen LogP contribution in [-0.2, 0) is 37.5 Å². The quantitative estimate of drug-likeness (QED) is 0.338. The normalized spacial score (nSPS) is 16.1. The molecule has 0 aromatic heterocycles. The monoisotopic (exact) mass is 452 g/mol. The second-order valence-electron chi connectivity index (χ2n) is 7.40. The first kappa shape index (κ1) is 22.3. The molecule has 4 heteroatoms. The standard InChI is InChI=1S/C23H23O2S.Y/c1-15-9-8-12-18(16(15)2)21(25)20-19(24)13-14-23(3,4)22(20)26-17-10-6-5-7-11-17;/h5-8,10-12H,13-14H2,1-4H3;/q-1;. The second kappa shape index (κ2) is 8.98. The molecule has 0 saturated heterocycles. The predicted molar refractivity (Wildman–Crippen MR) is 106 cm³/mol. The number of carbonyl (C=O) groups excluding carboxylic acids is 2. The predicted octanol–water partition coefficient (Wildman–Crippen LogP) is 5.72. The van der Waals surface area contributed by atoms with E-state index in [4.69, 9.17) is 0 Å². The third-order valence-corrected chi connectivity index (χ3v) is 6.52. The SMILES string of the molecule is Cc1[c-]ccc(C(=O)C2=C(Sc3ccccc3)C(C)(C)CCC2=O)c1C.[Y]. The molecule has 0 amide bonds. The van der Waals surface area contributed by atoms with Crippen LogP contribution in [0.1, 0.15) is 48.2 Å². The van der Waals surface area contributed by atoms with Crippen molar-refractivity contribution in [3.8, 4) is 0 Å². The van der Waals surface area contributed by atoms with Crippen molar-refractivity contribution in [1.82, 2.24) is 0 Å². The number of rotatable bonds is 4. The Morgan fingerprint density at radius 1 is 1.11 bits per heavy atom. The number of ketones is 2. The molecular weight excluding hydrogens is 429 g/mol. The molecule has 0 aliphatic heterocycles. The summed E-state index contributed by atoms with van der Waals surface area (Å²) < 4.78 is 0. The first-order chi connectivity index (χ1) is 12.3. The molecule has 1 aliphatic carbocycles. The van der Waals surface area contributed by atoms with Crippen molar-refractivity contribution in [2.24, 2.45) is 5.41 Å². The van der Waals surface area contributed by atoms with Crippen LogP contribution in [0.4, 0.5) is 0 Å². The van der Waals surface area contributed by atoms with Crippen molar-refractivity contribution in [3.05, 3.63) is 75.7 Å². The van der Waals surface area contributed by atoms with Gasteiger partial charge in [-0.3, -0.25) is 9.59 Å². The largest absolute Gasteiger partial charge is 0.294 e. The van der Waals surface area contributed by atoms with Crippen molar-refractivity contribution >= 4 is 23.3 Å². The van der Waals surface area contributed by atoms with Gasteiger partial charge in [-0.15, -0.1) is 5.56 Å². The Kier molecular flexibility index (Phi) is 7.41. The number of hydrogen-bond acceptors (Lipinski definition) is 3. The molecule has 2 nitrogen and oxygen atoms in total. The average Bonchev–Trinajstić information content (AvgIpc) is 2.61. The summed E-state index contributed by atoms with van der Waals surface area (Å²) in [7, 11) is 0. The van der Waals surface area contributed by atoms with Crippen LogP contribution in [-0.4, -0.2) is 11.6 Å². The van der Waals surface area contributed by atoms with Crippen LogP contribution < -0.4 is 0 Å². The van der Waals surface area contributed by atoms with Crippen LogP contribution in [0, 0.1) is 25.3 Å². The number of Topliss-reactive ketones (excluding diaryl/α,β-unsaturated/α-hetero) is 2. The minimum Gasteiger partial charge on any atom is -0.294 e. The van der Waals surface area contributed by atoms with E-state index in [0.29, 0.717) is 17.6 Å². The van der Waals surface area contributed by atoms with E-state index in [0.717, 1.165) is 27.3 Å². The van der Waals surface area contributed by atoms with Gasteiger partial charge >= 0.3 is 0 Å². The number of hydrogen-bond donors (Lipinski definition) is 0. The fourth-order valence-corrected chi connectivity index (χ4v) is 4.44. The van der Waals surface area contributed by atoms with Crippen molar-refractivity contribution in [3.63, 3.8) is 0 Å². The number of aryl methyl sites for hydroxylation is 1. The Morgan fingerprint density at radius 2 is 1.78 bits per heavy atom. The summed E-state index contributed by atoms with van der Waals surface area (Å²) in [6.07, 6.45) is 1.18. The molecule has 0 heterocycles. The van der Waals surface area contributed by atoms with Crippen LogP contribution >= 0.6 is 11.8 Å². The molecule has 1 radical (unpaired) electrons. The topological polar surface area (TPSA) is 34.1 Å². The summed E-state index contributed by atoms with van der Waals surface area (Å²) in [5.41, 5.74) is 2.60. The Morgan fingerprint density at radius 3 is 2.44 bits per heavy atom. The number of carbonyl (C=O) groups is 2. The third-order valence-electron chi connectivity index (χ3n) is 5.05. The number of allylic oxidation sites excluding steroid dienone is 2. The summed E-state index contributed by atoms with van der Waals surface area (Å²) in [6, 6.07) is 16.6. The van der Waals surface area contributed by atoms with Gasteiger partial charge < -0.3 is 0 Å². The van der Waals surface area contributed by atoms with E-state index < -0.39 is 0 Å². The van der Waals surface area contributed by atoms with E-state index in [9.17, 15) is 9.59 Å². The Labute approximate surface area is 191 Å². The smallest absolute Gasteiger partial charge is 0.173 e. The number of thioether (sulfide) groups is 1. The molecule has 0 atom stereocenters. The zero-order chi connectivity index (χ0) is 18.9. The van der Waals surface area contributed by atoms with Crippen LogP contribution in [0.5, 0.6) is 0 Å². The van der Waals surface area contributed by atoms with Gasteiger partial charge in [-0.05, 0) is 24.0 Å². The van der Waals surface area contributed by atoms with Crippen LogP contribution in [0.25, 0.3) is 0 Å². The molecule has 1 aliphatic rings. The fraction of sp³-hybridized carbons (Fsp3) is 0.304.